The average molecular weight is 1320 g/mol. The zero-order valence-corrected chi connectivity index (χ0v) is 60.9. The maximum Gasteiger partial charge on any atom is 0.407 e. The molecular weight excluding hydrogens is 1200 g/mol. The molecule has 0 spiro atoms. The van der Waals surface area contributed by atoms with Gasteiger partial charge in [0.05, 0.1) is 12.6 Å². The third-order valence-corrected chi connectivity index (χ3v) is 17.2. The van der Waals surface area contributed by atoms with Crippen LogP contribution in [-0.2, 0) is 57.5 Å². The van der Waals surface area contributed by atoms with E-state index in [9.17, 15) is 48.3 Å². The number of likely N-dealkylation sites (N-methyl/N-ethyl adjacent to an activating group) is 7. The molecule has 1 rings (SSSR count). The van der Waals surface area contributed by atoms with Crippen molar-refractivity contribution in [3.8, 4) is 0 Å². The molecule has 0 aromatic heterocycles. The Bertz CT molecular complexity index is 2580. The molecule has 12 amide bonds. The number of rotatable bonds is 19. The van der Waals surface area contributed by atoms with Gasteiger partial charge in [0.25, 0.3) is 0 Å². The van der Waals surface area contributed by atoms with Crippen LogP contribution in [0.3, 0.4) is 0 Å². The number of amides is 12. The lowest BCUT2D eigenvalue weighted by Crippen LogP contribution is -2.63. The van der Waals surface area contributed by atoms with E-state index in [1.807, 2.05) is 48.5 Å². The van der Waals surface area contributed by atoms with Crippen molar-refractivity contribution in [3.63, 3.8) is 0 Å². The van der Waals surface area contributed by atoms with Crippen LogP contribution in [-0.4, -0.2) is 245 Å². The molecule has 0 aromatic carbocycles. The van der Waals surface area contributed by atoms with Crippen LogP contribution in [0, 0.1) is 35.5 Å². The Morgan fingerprint density at radius 1 is 0.570 bits per heavy atom. The average Bonchev–Trinajstić information content (AvgIpc) is 0.867. The SMILES string of the molecule is C/C=C/CC(C)C(O)[C@H]1C(=O)N[C@@H](CC)C(=O)N(C)CC(=O)N(C)[C@@H](CC(C)(C)OC(=O)NCCCC)C(=O)N[C@@H](C(C)C)C(=O)N(C)[C@@H](CC(C)C)C(=O)N[C@@H](C)C(=O)N[C@H](C)C(=O)N(C)[C@@H](CC(C)C)C(=O)N(C)[C@@H](CC(C)C)C(=O)N(C)[C@@H](C(C)C)C(=O)N1C. The molecule has 93 heavy (non-hydrogen) atoms. The molecule has 1 fully saturated rings. The summed E-state index contributed by atoms with van der Waals surface area (Å²) in [5.41, 5.74) is -1.44. The standard InChI is InChI=1S/C67H120N12O14/c1-26-29-31-43(14)55(81)54-59(85)71-46(28-3)61(87)73(19)37-51(80)74(20)50(36-67(17,18)93-66(92)68-32-30-27-2)58(84)72-52(41(10)11)64(90)75(21)47(33-38(4)5)57(83)69-44(15)56(82)70-45(16)60(86)76(22)48(34-39(6)7)62(88)77(23)49(35-40(8)9)63(89)78(24)53(42(12)13)65(91)79(54)25/h26,29,38-50,52-55,81H,27-28,30-37H2,1-25H3,(H,68,92)(H,69,83)(H,70,82)(H,71,85)(H,72,84)/b29-26+/t43?,44-,45+,46-,47-,48-,49-,50-,52-,53-,54-,55?/m0/s1. The maximum atomic E-state index is 15.2. The maximum absolute atomic E-state index is 15.2. The van der Waals surface area contributed by atoms with Gasteiger partial charge in [-0.25, -0.2) is 4.79 Å². The molecule has 0 saturated carbocycles. The highest BCUT2D eigenvalue weighted by molar-refractivity contribution is 5.99. The molecule has 26 heteroatoms. The Morgan fingerprint density at radius 2 is 1.04 bits per heavy atom. The van der Waals surface area contributed by atoms with Gasteiger partial charge in [-0.3, -0.25) is 52.7 Å². The normalized spacial score (nSPS) is 25.6. The number of hydrogen-bond acceptors (Lipinski definition) is 14. The van der Waals surface area contributed by atoms with Crippen LogP contribution in [0.2, 0.25) is 0 Å². The number of carbonyl (C=O) groups is 12. The number of allylic oxidation sites excluding steroid dienone is 2. The van der Waals surface area contributed by atoms with E-state index in [4.69, 9.17) is 4.74 Å². The third kappa shape index (κ3) is 24.8. The van der Waals surface area contributed by atoms with Crippen molar-refractivity contribution in [3.05, 3.63) is 12.2 Å². The summed E-state index contributed by atoms with van der Waals surface area (Å²) in [6.07, 6.45) is 2.98. The van der Waals surface area contributed by atoms with Crippen LogP contribution in [0.5, 0.6) is 0 Å². The van der Waals surface area contributed by atoms with Crippen LogP contribution in [0.25, 0.3) is 0 Å². The van der Waals surface area contributed by atoms with E-state index in [0.717, 1.165) is 21.1 Å². The Labute approximate surface area is 555 Å². The molecule has 12 atom stereocenters. The third-order valence-electron chi connectivity index (χ3n) is 17.2. The summed E-state index contributed by atoms with van der Waals surface area (Å²) in [5, 5.41) is 25.8. The summed E-state index contributed by atoms with van der Waals surface area (Å²) in [5.74, 6) is -10.5. The molecule has 1 aliphatic rings. The molecule has 1 saturated heterocycles. The van der Waals surface area contributed by atoms with Gasteiger partial charge in [0.15, 0.2) is 0 Å². The highest BCUT2D eigenvalue weighted by Crippen LogP contribution is 2.27. The van der Waals surface area contributed by atoms with E-state index in [-0.39, 0.29) is 56.3 Å². The van der Waals surface area contributed by atoms with Crippen LogP contribution < -0.4 is 26.6 Å². The second kappa shape index (κ2) is 38.5. The number of aliphatic hydroxyl groups excluding tert-OH is 1. The van der Waals surface area contributed by atoms with Crippen molar-refractivity contribution in [1.29, 1.82) is 0 Å². The number of carbonyl (C=O) groups excluding carboxylic acids is 12. The Balaban J connectivity index is 4.44. The van der Waals surface area contributed by atoms with Crippen LogP contribution in [0.1, 0.15) is 176 Å². The second-order valence-corrected chi connectivity index (χ2v) is 28.1. The van der Waals surface area contributed by atoms with Gasteiger partial charge in [-0.1, -0.05) is 109 Å². The Hall–Kier alpha value is -6.86. The summed E-state index contributed by atoms with van der Waals surface area (Å²) in [6.45, 7) is 30.5. The van der Waals surface area contributed by atoms with E-state index in [1.165, 1.54) is 82.8 Å². The monoisotopic (exact) mass is 1320 g/mol. The molecule has 0 radical (unpaired) electrons. The van der Waals surface area contributed by atoms with Gasteiger partial charge in [0.1, 0.15) is 66.0 Å². The topological polar surface area (TPSA) is 317 Å². The molecule has 26 nitrogen and oxygen atoms in total. The fourth-order valence-electron chi connectivity index (χ4n) is 11.4. The molecule has 2 unspecified atom stereocenters. The van der Waals surface area contributed by atoms with E-state index in [0.29, 0.717) is 13.0 Å². The molecule has 1 aliphatic heterocycles. The van der Waals surface area contributed by atoms with E-state index in [2.05, 4.69) is 26.6 Å². The zero-order chi connectivity index (χ0) is 72.0. The number of hydrogen-bond donors (Lipinski definition) is 6. The number of unbranched alkanes of at least 4 members (excludes halogenated alkanes) is 1. The Morgan fingerprint density at radius 3 is 1.53 bits per heavy atom. The largest absolute Gasteiger partial charge is 0.443 e. The van der Waals surface area contributed by atoms with Gasteiger partial charge in [0, 0.05) is 62.3 Å². The molecule has 6 N–H and O–H groups in total. The van der Waals surface area contributed by atoms with Gasteiger partial charge >= 0.3 is 6.09 Å². The fraction of sp³-hybridized carbons (Fsp3) is 0.791. The molecule has 0 bridgehead atoms. The number of aliphatic hydroxyl groups is 1. The van der Waals surface area contributed by atoms with Gasteiger partial charge in [-0.2, -0.15) is 0 Å². The first-order valence-corrected chi connectivity index (χ1v) is 33.3. The lowest BCUT2D eigenvalue weighted by Gasteiger charge is -2.41. The van der Waals surface area contributed by atoms with E-state index < -0.39 is 167 Å². The Kier molecular flexibility index (Phi) is 34.8. The molecule has 0 aromatic rings. The van der Waals surface area contributed by atoms with Crippen molar-refractivity contribution in [2.75, 3.05) is 62.4 Å². The first-order valence-electron chi connectivity index (χ1n) is 33.3. The summed E-state index contributed by atoms with van der Waals surface area (Å²) in [6, 6.07) is -13.2. The molecule has 1 heterocycles. The quantitative estimate of drug-likeness (QED) is 0.0789. The lowest BCUT2D eigenvalue weighted by atomic mass is 9.91. The van der Waals surface area contributed by atoms with E-state index >= 15 is 14.4 Å². The minimum atomic E-state index is -1.66. The minimum Gasteiger partial charge on any atom is -0.443 e. The van der Waals surface area contributed by atoms with Crippen LogP contribution in [0.15, 0.2) is 12.2 Å². The van der Waals surface area contributed by atoms with E-state index in [1.54, 1.807) is 74.5 Å². The van der Waals surface area contributed by atoms with Gasteiger partial charge < -0.3 is 70.7 Å². The predicted molar refractivity (Wildman–Crippen MR) is 357 cm³/mol. The fourth-order valence-corrected chi connectivity index (χ4v) is 11.4. The highest BCUT2D eigenvalue weighted by atomic mass is 16.6. The van der Waals surface area contributed by atoms with Crippen LogP contribution >= 0.6 is 0 Å². The van der Waals surface area contributed by atoms with Crippen LogP contribution in [0.4, 0.5) is 4.79 Å². The summed E-state index contributed by atoms with van der Waals surface area (Å²) in [4.78, 5) is 183. The lowest BCUT2D eigenvalue weighted by molar-refractivity contribution is -0.157. The van der Waals surface area contributed by atoms with Gasteiger partial charge in [-0.05, 0) is 109 Å². The smallest absolute Gasteiger partial charge is 0.407 e. The molecular formula is C67H120N12O14. The van der Waals surface area contributed by atoms with Gasteiger partial charge in [-0.15, -0.1) is 0 Å². The molecule has 0 aliphatic carbocycles. The number of nitrogens with one attached hydrogen (secondary N) is 5. The number of nitrogens with zero attached hydrogens (tertiary/aromatic N) is 7. The molecule has 532 valence electrons. The predicted octanol–water partition coefficient (Wildman–Crippen LogP) is 3.92. The summed E-state index contributed by atoms with van der Waals surface area (Å²) in [7, 11) is 9.66. The second-order valence-electron chi connectivity index (χ2n) is 28.1. The van der Waals surface area contributed by atoms with Crippen molar-refractivity contribution in [2.24, 2.45) is 35.5 Å². The summed E-state index contributed by atoms with van der Waals surface area (Å²) < 4.78 is 5.81. The van der Waals surface area contributed by atoms with Crippen molar-refractivity contribution >= 4 is 71.1 Å². The first-order chi connectivity index (χ1) is 43.0. The zero-order valence-electron chi connectivity index (χ0n) is 60.9. The highest BCUT2D eigenvalue weighted by Gasteiger charge is 2.46. The number of ether oxygens (including phenoxy) is 1. The summed E-state index contributed by atoms with van der Waals surface area (Å²) >= 11 is 0. The van der Waals surface area contributed by atoms with Crippen molar-refractivity contribution in [1.82, 2.24) is 60.9 Å². The number of alkyl carbamates (subject to hydrolysis) is 1. The first kappa shape index (κ1) is 84.2. The van der Waals surface area contributed by atoms with Crippen molar-refractivity contribution < 1.29 is 67.4 Å². The van der Waals surface area contributed by atoms with Gasteiger partial charge in [0.2, 0.25) is 65.0 Å². The minimum absolute atomic E-state index is 0.0342. The van der Waals surface area contributed by atoms with Crippen molar-refractivity contribution in [2.45, 2.75) is 248 Å².